The number of hydrogen-bond donors (Lipinski definition) is 1. The summed E-state index contributed by atoms with van der Waals surface area (Å²) >= 11 is 0. The predicted molar refractivity (Wildman–Crippen MR) is 81.2 cm³/mol. The summed E-state index contributed by atoms with van der Waals surface area (Å²) in [6, 6.07) is 2.00. The van der Waals surface area contributed by atoms with Gasteiger partial charge in [0.05, 0.1) is 6.26 Å². The molecule has 5 nitrogen and oxygen atoms in total. The molecule has 2 rings (SSSR count). The van der Waals surface area contributed by atoms with Crippen molar-refractivity contribution in [2.24, 2.45) is 0 Å². The van der Waals surface area contributed by atoms with E-state index in [9.17, 15) is 0 Å². The molecule has 2 aromatic rings. The molecule has 0 atom stereocenters. The van der Waals surface area contributed by atoms with Gasteiger partial charge < -0.3 is 14.6 Å². The van der Waals surface area contributed by atoms with Crippen LogP contribution in [0.4, 0.5) is 11.6 Å². The Labute approximate surface area is 120 Å². The Kier molecular flexibility index (Phi) is 4.27. The van der Waals surface area contributed by atoms with E-state index in [1.54, 1.807) is 12.6 Å². The van der Waals surface area contributed by atoms with Crippen LogP contribution in [0.3, 0.4) is 0 Å². The van der Waals surface area contributed by atoms with Gasteiger partial charge in [-0.3, -0.25) is 0 Å². The highest BCUT2D eigenvalue weighted by molar-refractivity contribution is 5.60. The van der Waals surface area contributed by atoms with Crippen LogP contribution >= 0.6 is 0 Å². The summed E-state index contributed by atoms with van der Waals surface area (Å²) < 4.78 is 5.35. The normalized spacial score (nSPS) is 10.9. The van der Waals surface area contributed by atoms with Crippen molar-refractivity contribution in [3.8, 4) is 0 Å². The summed E-state index contributed by atoms with van der Waals surface area (Å²) in [7, 11) is 3.93. The minimum atomic E-state index is 0.349. The monoisotopic (exact) mass is 274 g/mol. The molecule has 0 aromatic carbocycles. The molecular weight excluding hydrogens is 252 g/mol. The Morgan fingerprint density at radius 1 is 1.35 bits per heavy atom. The molecule has 5 heteroatoms. The molecule has 0 radical (unpaired) electrons. The van der Waals surface area contributed by atoms with Gasteiger partial charge in [0, 0.05) is 31.8 Å². The Morgan fingerprint density at radius 3 is 2.65 bits per heavy atom. The number of nitrogens with zero attached hydrogens (tertiary/aromatic N) is 3. The maximum Gasteiger partial charge on any atom is 0.137 e. The lowest BCUT2D eigenvalue weighted by Crippen LogP contribution is -2.21. The SMILES string of the molecule is CNc1ncnc(N(C)Cc2ccoc2C)c1C(C)C. The third kappa shape index (κ3) is 2.76. The van der Waals surface area contributed by atoms with E-state index in [2.05, 4.69) is 34.0 Å². The van der Waals surface area contributed by atoms with Crippen molar-refractivity contribution >= 4 is 11.6 Å². The van der Waals surface area contributed by atoms with E-state index in [0.717, 1.165) is 29.5 Å². The minimum Gasteiger partial charge on any atom is -0.469 e. The topological polar surface area (TPSA) is 54.2 Å². The summed E-state index contributed by atoms with van der Waals surface area (Å²) in [6.45, 7) is 7.05. The molecule has 2 heterocycles. The lowest BCUT2D eigenvalue weighted by molar-refractivity contribution is 0.529. The van der Waals surface area contributed by atoms with Crippen LogP contribution in [0.2, 0.25) is 0 Å². The number of aryl methyl sites for hydroxylation is 1. The Morgan fingerprint density at radius 2 is 2.10 bits per heavy atom. The van der Waals surface area contributed by atoms with E-state index >= 15 is 0 Å². The molecule has 0 spiro atoms. The first-order valence-electron chi connectivity index (χ1n) is 6.81. The van der Waals surface area contributed by atoms with Gasteiger partial charge in [-0.25, -0.2) is 9.97 Å². The van der Waals surface area contributed by atoms with Gasteiger partial charge in [-0.1, -0.05) is 13.8 Å². The van der Waals surface area contributed by atoms with Gasteiger partial charge in [-0.15, -0.1) is 0 Å². The van der Waals surface area contributed by atoms with E-state index in [1.165, 1.54) is 5.56 Å². The zero-order valence-corrected chi connectivity index (χ0v) is 12.8. The highest BCUT2D eigenvalue weighted by Crippen LogP contribution is 2.30. The Bertz CT molecular complexity index is 577. The molecule has 0 unspecified atom stereocenters. The highest BCUT2D eigenvalue weighted by atomic mass is 16.3. The molecule has 0 fully saturated rings. The third-order valence-electron chi connectivity index (χ3n) is 3.41. The lowest BCUT2D eigenvalue weighted by Gasteiger charge is -2.23. The second-order valence-corrected chi connectivity index (χ2v) is 5.22. The van der Waals surface area contributed by atoms with Gasteiger partial charge >= 0.3 is 0 Å². The van der Waals surface area contributed by atoms with Gasteiger partial charge in [0.1, 0.15) is 23.7 Å². The van der Waals surface area contributed by atoms with Crippen molar-refractivity contribution < 1.29 is 4.42 Å². The number of anilines is 2. The smallest absolute Gasteiger partial charge is 0.137 e. The van der Waals surface area contributed by atoms with Crippen LogP contribution in [0.5, 0.6) is 0 Å². The van der Waals surface area contributed by atoms with Crippen LogP contribution in [0.15, 0.2) is 23.1 Å². The predicted octanol–water partition coefficient (Wildman–Crippen LogP) is 3.18. The van der Waals surface area contributed by atoms with Crippen molar-refractivity contribution in [1.82, 2.24) is 9.97 Å². The van der Waals surface area contributed by atoms with Gasteiger partial charge in [0.25, 0.3) is 0 Å². The summed E-state index contributed by atoms with van der Waals surface area (Å²) in [5.41, 5.74) is 2.31. The zero-order chi connectivity index (χ0) is 14.7. The standard InChI is InChI=1S/C15H22N4O/c1-10(2)13-14(16-4)17-9-18-15(13)19(5)8-12-6-7-20-11(12)3/h6-7,9-10H,8H2,1-5H3,(H,16,17,18). The highest BCUT2D eigenvalue weighted by Gasteiger charge is 2.18. The fourth-order valence-corrected chi connectivity index (χ4v) is 2.33. The molecule has 0 saturated heterocycles. The quantitative estimate of drug-likeness (QED) is 0.907. The first-order chi connectivity index (χ1) is 9.54. The number of aromatic nitrogens is 2. The summed E-state index contributed by atoms with van der Waals surface area (Å²) in [4.78, 5) is 10.9. The molecule has 1 N–H and O–H groups in total. The van der Waals surface area contributed by atoms with Gasteiger partial charge in [0.15, 0.2) is 0 Å². The molecule has 2 aromatic heterocycles. The first-order valence-corrected chi connectivity index (χ1v) is 6.81. The van der Waals surface area contributed by atoms with Crippen molar-refractivity contribution in [1.29, 1.82) is 0 Å². The van der Waals surface area contributed by atoms with E-state index in [0.29, 0.717) is 5.92 Å². The van der Waals surface area contributed by atoms with E-state index < -0.39 is 0 Å². The van der Waals surface area contributed by atoms with E-state index in [-0.39, 0.29) is 0 Å². The van der Waals surface area contributed by atoms with Gasteiger partial charge in [0.2, 0.25) is 0 Å². The molecule has 0 aliphatic carbocycles. The van der Waals surface area contributed by atoms with Gasteiger partial charge in [-0.05, 0) is 18.9 Å². The van der Waals surface area contributed by atoms with Crippen molar-refractivity contribution in [2.75, 3.05) is 24.3 Å². The maximum absolute atomic E-state index is 5.35. The van der Waals surface area contributed by atoms with Crippen molar-refractivity contribution in [3.05, 3.63) is 35.5 Å². The maximum atomic E-state index is 5.35. The Hall–Kier alpha value is -2.04. The summed E-state index contributed by atoms with van der Waals surface area (Å²) in [5.74, 6) is 3.15. The molecule has 0 amide bonds. The molecule has 0 aliphatic rings. The second-order valence-electron chi connectivity index (χ2n) is 5.22. The van der Waals surface area contributed by atoms with Gasteiger partial charge in [-0.2, -0.15) is 0 Å². The fourth-order valence-electron chi connectivity index (χ4n) is 2.33. The molecule has 108 valence electrons. The molecule has 0 aliphatic heterocycles. The van der Waals surface area contributed by atoms with Crippen LogP contribution in [0, 0.1) is 6.92 Å². The minimum absolute atomic E-state index is 0.349. The first kappa shape index (κ1) is 14.4. The largest absolute Gasteiger partial charge is 0.469 e. The Balaban J connectivity index is 2.34. The number of furan rings is 1. The van der Waals surface area contributed by atoms with Crippen molar-refractivity contribution in [2.45, 2.75) is 33.2 Å². The van der Waals surface area contributed by atoms with Crippen LogP contribution in [0.1, 0.15) is 36.7 Å². The van der Waals surface area contributed by atoms with Crippen LogP contribution in [-0.4, -0.2) is 24.1 Å². The second kappa shape index (κ2) is 5.94. The number of hydrogen-bond acceptors (Lipinski definition) is 5. The van der Waals surface area contributed by atoms with E-state index in [4.69, 9.17) is 4.42 Å². The fraction of sp³-hybridized carbons (Fsp3) is 0.467. The summed E-state index contributed by atoms with van der Waals surface area (Å²) in [6.07, 6.45) is 3.33. The van der Waals surface area contributed by atoms with E-state index in [1.807, 2.05) is 27.1 Å². The van der Waals surface area contributed by atoms with Crippen molar-refractivity contribution in [3.63, 3.8) is 0 Å². The average molecular weight is 274 g/mol. The third-order valence-corrected chi connectivity index (χ3v) is 3.41. The zero-order valence-electron chi connectivity index (χ0n) is 12.8. The molecule has 20 heavy (non-hydrogen) atoms. The average Bonchev–Trinajstić information content (AvgIpc) is 2.83. The number of nitrogens with one attached hydrogen (secondary N) is 1. The molecular formula is C15H22N4O. The lowest BCUT2D eigenvalue weighted by atomic mass is 10.0. The number of rotatable bonds is 5. The molecule has 0 bridgehead atoms. The summed E-state index contributed by atoms with van der Waals surface area (Å²) in [5, 5.41) is 3.15. The molecule has 0 saturated carbocycles. The van der Waals surface area contributed by atoms with Crippen LogP contribution in [-0.2, 0) is 6.54 Å². The van der Waals surface area contributed by atoms with Crippen LogP contribution in [0.25, 0.3) is 0 Å². The van der Waals surface area contributed by atoms with Crippen LogP contribution < -0.4 is 10.2 Å².